The molecule has 4 nitrogen and oxygen atoms in total. The van der Waals surface area contributed by atoms with E-state index in [0.29, 0.717) is 12.3 Å². The number of fused-ring (bicyclic) bond motifs is 1. The van der Waals surface area contributed by atoms with Gasteiger partial charge in [0.2, 0.25) is 0 Å². The van der Waals surface area contributed by atoms with E-state index in [9.17, 15) is 9.90 Å². The van der Waals surface area contributed by atoms with Crippen molar-refractivity contribution < 1.29 is 14.6 Å². The first-order valence-corrected chi connectivity index (χ1v) is 10.2. The predicted octanol–water partition coefficient (Wildman–Crippen LogP) is 3.62. The second kappa shape index (κ2) is 8.53. The van der Waals surface area contributed by atoms with Crippen molar-refractivity contribution in [1.82, 2.24) is 0 Å². The lowest BCUT2D eigenvalue weighted by Crippen LogP contribution is -2.40. The van der Waals surface area contributed by atoms with E-state index in [1.807, 2.05) is 0 Å². The number of ether oxygens (including phenoxy) is 1. The number of unbranched alkanes of at least 4 members (excludes halogenated alkanes) is 2. The minimum atomic E-state index is -0.405. The molecule has 0 aliphatic heterocycles. The van der Waals surface area contributed by atoms with Gasteiger partial charge in [-0.25, -0.2) is 0 Å². The molecular weight excluding hydrogens is 326 g/mol. The average Bonchev–Trinajstić information content (AvgIpc) is 3.04. The molecule has 1 unspecified atom stereocenters. The Balaban J connectivity index is 1.57. The van der Waals surface area contributed by atoms with E-state index in [0.717, 1.165) is 57.8 Å². The van der Waals surface area contributed by atoms with E-state index in [4.69, 9.17) is 10.5 Å². The highest BCUT2D eigenvalue weighted by Crippen LogP contribution is 2.40. The smallest absolute Gasteiger partial charge is 0.306 e. The van der Waals surface area contributed by atoms with Crippen LogP contribution >= 0.6 is 0 Å². The van der Waals surface area contributed by atoms with E-state index in [2.05, 4.69) is 25.1 Å². The number of carbonyl (C=O) groups is 1. The molecule has 4 heteroatoms. The number of esters is 1. The fourth-order valence-corrected chi connectivity index (χ4v) is 4.44. The fourth-order valence-electron chi connectivity index (χ4n) is 4.44. The van der Waals surface area contributed by atoms with Gasteiger partial charge in [-0.2, -0.15) is 0 Å². The summed E-state index contributed by atoms with van der Waals surface area (Å²) in [5.74, 6) is 0.407. The Morgan fingerprint density at radius 2 is 2.15 bits per heavy atom. The first-order valence-electron chi connectivity index (χ1n) is 10.2. The maximum Gasteiger partial charge on any atom is 0.306 e. The number of hydrogen-bond acceptors (Lipinski definition) is 4. The monoisotopic (exact) mass is 359 g/mol. The van der Waals surface area contributed by atoms with Crippen LogP contribution in [0, 0.1) is 0 Å². The minimum absolute atomic E-state index is 0.0278. The van der Waals surface area contributed by atoms with Gasteiger partial charge in [0.1, 0.15) is 6.10 Å². The summed E-state index contributed by atoms with van der Waals surface area (Å²) in [4.78, 5) is 12.0. The molecule has 0 spiro atoms. The zero-order valence-corrected chi connectivity index (χ0v) is 16.0. The third-order valence-corrected chi connectivity index (χ3v) is 6.13. The Morgan fingerprint density at radius 3 is 2.88 bits per heavy atom. The Kier molecular flexibility index (Phi) is 6.36. The Bertz CT molecular complexity index is 630. The first-order chi connectivity index (χ1) is 12.5. The van der Waals surface area contributed by atoms with Gasteiger partial charge in [0.25, 0.3) is 0 Å². The summed E-state index contributed by atoms with van der Waals surface area (Å²) in [6.45, 7) is 2.21. The molecule has 3 atom stereocenters. The van der Waals surface area contributed by atoms with Crippen LogP contribution in [0.15, 0.2) is 18.2 Å². The molecule has 0 heterocycles. The fraction of sp³-hybridized carbons (Fsp3) is 0.682. The predicted molar refractivity (Wildman–Crippen MR) is 103 cm³/mol. The van der Waals surface area contributed by atoms with Crippen LogP contribution in [-0.2, 0) is 22.4 Å². The summed E-state index contributed by atoms with van der Waals surface area (Å²) in [6.07, 6.45) is 9.23. The largest absolute Gasteiger partial charge is 0.462 e. The second-order valence-corrected chi connectivity index (χ2v) is 8.30. The molecule has 0 amide bonds. The quantitative estimate of drug-likeness (QED) is 0.576. The summed E-state index contributed by atoms with van der Waals surface area (Å²) in [6, 6.07) is 6.73. The van der Waals surface area contributed by atoms with Gasteiger partial charge in [-0.1, -0.05) is 38.0 Å². The van der Waals surface area contributed by atoms with Crippen molar-refractivity contribution in [3.63, 3.8) is 0 Å². The van der Waals surface area contributed by atoms with Crippen LogP contribution in [0.5, 0.6) is 0 Å². The van der Waals surface area contributed by atoms with Crippen molar-refractivity contribution in [2.24, 2.45) is 5.73 Å². The van der Waals surface area contributed by atoms with Gasteiger partial charge in [-0.3, -0.25) is 4.79 Å². The molecule has 0 radical (unpaired) electrons. The van der Waals surface area contributed by atoms with Crippen LogP contribution in [0.1, 0.15) is 80.9 Å². The molecule has 26 heavy (non-hydrogen) atoms. The topological polar surface area (TPSA) is 72.5 Å². The van der Waals surface area contributed by atoms with E-state index in [-0.39, 0.29) is 18.7 Å². The van der Waals surface area contributed by atoms with E-state index in [1.54, 1.807) is 0 Å². The summed E-state index contributed by atoms with van der Waals surface area (Å²) < 4.78 is 5.68. The van der Waals surface area contributed by atoms with Gasteiger partial charge in [0, 0.05) is 18.4 Å². The van der Waals surface area contributed by atoms with E-state index in [1.165, 1.54) is 16.7 Å². The Labute approximate surface area is 157 Å². The number of nitrogens with two attached hydrogens (primary N) is 1. The van der Waals surface area contributed by atoms with Gasteiger partial charge in [-0.05, 0) is 61.1 Å². The van der Waals surface area contributed by atoms with E-state index >= 15 is 0 Å². The van der Waals surface area contributed by atoms with Crippen molar-refractivity contribution in [2.75, 3.05) is 6.61 Å². The van der Waals surface area contributed by atoms with E-state index < -0.39 is 5.54 Å². The lowest BCUT2D eigenvalue weighted by molar-refractivity contribution is -0.149. The lowest BCUT2D eigenvalue weighted by Gasteiger charge is -2.26. The summed E-state index contributed by atoms with van der Waals surface area (Å²) in [5, 5.41) is 9.48. The molecular formula is C22H33NO3. The van der Waals surface area contributed by atoms with Crippen LogP contribution < -0.4 is 5.73 Å². The number of rotatable bonds is 7. The van der Waals surface area contributed by atoms with Crippen LogP contribution in [0.4, 0.5) is 0 Å². The van der Waals surface area contributed by atoms with Crippen LogP contribution in [0.3, 0.4) is 0 Å². The molecule has 3 N–H and O–H groups in total. The zero-order valence-electron chi connectivity index (χ0n) is 16.0. The maximum atomic E-state index is 12.0. The Hall–Kier alpha value is -1.39. The van der Waals surface area contributed by atoms with Gasteiger partial charge < -0.3 is 15.6 Å². The minimum Gasteiger partial charge on any atom is -0.462 e. The number of hydrogen-bond donors (Lipinski definition) is 2. The van der Waals surface area contributed by atoms with Crippen LogP contribution in [-0.4, -0.2) is 29.3 Å². The molecule has 2 aliphatic rings. The van der Waals surface area contributed by atoms with Crippen LogP contribution in [0.25, 0.3) is 0 Å². The highest BCUT2D eigenvalue weighted by Gasteiger charge is 2.36. The van der Waals surface area contributed by atoms with Gasteiger partial charge in [-0.15, -0.1) is 0 Å². The number of benzene rings is 1. The summed E-state index contributed by atoms with van der Waals surface area (Å²) in [5.41, 5.74) is 9.87. The van der Waals surface area contributed by atoms with Gasteiger partial charge in [0.05, 0.1) is 6.61 Å². The molecule has 0 saturated heterocycles. The van der Waals surface area contributed by atoms with Gasteiger partial charge in [0.15, 0.2) is 0 Å². The molecule has 1 aromatic rings. The number of carbonyl (C=O) groups excluding carboxylic acids is 1. The summed E-state index contributed by atoms with van der Waals surface area (Å²) in [7, 11) is 0. The van der Waals surface area contributed by atoms with Crippen molar-refractivity contribution in [3.05, 3.63) is 34.9 Å². The van der Waals surface area contributed by atoms with Crippen molar-refractivity contribution in [2.45, 2.75) is 88.7 Å². The number of aliphatic hydroxyl groups excluding tert-OH is 1. The maximum absolute atomic E-state index is 12.0. The van der Waals surface area contributed by atoms with Crippen molar-refractivity contribution in [3.8, 4) is 0 Å². The first kappa shape index (κ1) is 19.4. The zero-order chi connectivity index (χ0) is 18.6. The molecule has 3 rings (SSSR count). The van der Waals surface area contributed by atoms with Crippen LogP contribution in [0.2, 0.25) is 0 Å². The van der Waals surface area contributed by atoms with Crippen molar-refractivity contribution in [1.29, 1.82) is 0 Å². The summed E-state index contributed by atoms with van der Waals surface area (Å²) >= 11 is 0. The average molecular weight is 360 g/mol. The van der Waals surface area contributed by atoms with Crippen molar-refractivity contribution >= 4 is 5.97 Å². The Morgan fingerprint density at radius 1 is 1.31 bits per heavy atom. The standard InChI is InChI=1S/C22H33NO3/c1-2-3-4-5-21(25)26-20-9-8-16-12-17(6-7-18(16)13-20)19-10-11-22(23,14-19)15-24/h6-7,12,19-20,24H,2-5,8-11,13-15,23H2,1H3/t19-,20?,22+/m0/s1. The lowest BCUT2D eigenvalue weighted by atomic mass is 9.85. The number of aryl methyl sites for hydroxylation is 1. The number of aliphatic hydroxyl groups is 1. The molecule has 1 saturated carbocycles. The molecule has 0 bridgehead atoms. The molecule has 1 fully saturated rings. The highest BCUT2D eigenvalue weighted by atomic mass is 16.5. The normalized spacial score (nSPS) is 28.0. The third kappa shape index (κ3) is 4.66. The molecule has 2 aliphatic carbocycles. The SMILES string of the molecule is CCCCCC(=O)OC1CCc2cc([C@H]3CC[C@](N)(CO)C3)ccc2C1. The molecule has 1 aromatic carbocycles. The van der Waals surface area contributed by atoms with Gasteiger partial charge >= 0.3 is 5.97 Å². The third-order valence-electron chi connectivity index (χ3n) is 6.13. The highest BCUT2D eigenvalue weighted by molar-refractivity contribution is 5.69. The molecule has 144 valence electrons. The molecule has 0 aromatic heterocycles. The second-order valence-electron chi connectivity index (χ2n) is 8.30.